The van der Waals surface area contributed by atoms with Crippen molar-refractivity contribution in [2.24, 2.45) is 0 Å². The zero-order valence-electron chi connectivity index (χ0n) is 38.8. The summed E-state index contributed by atoms with van der Waals surface area (Å²) in [5.74, 6) is 0. The molecule has 0 unspecified atom stereocenters. The Labute approximate surface area is 390 Å². The van der Waals surface area contributed by atoms with Crippen LogP contribution in [0.3, 0.4) is 0 Å². The molecule has 0 aliphatic rings. The van der Waals surface area contributed by atoms with E-state index >= 15 is 0 Å². The van der Waals surface area contributed by atoms with Crippen LogP contribution in [0.25, 0.3) is 21.8 Å². The molecular weight excluding hydrogens is 942 g/mol. The number of benzene rings is 4. The first-order valence-corrected chi connectivity index (χ1v) is 39.3. The molecule has 6 nitrogen and oxygen atoms in total. The molecule has 6 rings (SSSR count). The molecule has 0 amide bonds. The van der Waals surface area contributed by atoms with Gasteiger partial charge in [0.2, 0.25) is 0 Å². The second-order valence-electron chi connectivity index (χ2n) is 19.6. The summed E-state index contributed by atoms with van der Waals surface area (Å²) in [5.41, 5.74) is 9.89. The molecule has 4 aromatic carbocycles. The van der Waals surface area contributed by atoms with Crippen LogP contribution in [0.4, 0.5) is 11.4 Å². The van der Waals surface area contributed by atoms with E-state index < -0.39 is 64.4 Å². The predicted octanol–water partition coefficient (Wildman–Crippen LogP) is 12.9. The molecule has 62 heavy (non-hydrogen) atoms. The van der Waals surface area contributed by atoms with Crippen LogP contribution >= 0.6 is 0 Å². The van der Waals surface area contributed by atoms with Crippen LogP contribution in [0.2, 0.25) is 78.6 Å². The van der Waals surface area contributed by atoms with Gasteiger partial charge in [0.25, 0.3) is 0 Å². The molecule has 0 saturated heterocycles. The Morgan fingerprint density at radius 1 is 0.371 bits per heavy atom. The van der Waals surface area contributed by atoms with Crippen molar-refractivity contribution in [2.45, 2.75) is 78.6 Å². The molecule has 6 aromatic rings. The Balaban J connectivity index is 1.68. The Kier molecular flexibility index (Phi) is 15.3. The van der Waals surface area contributed by atoms with Crippen molar-refractivity contribution in [3.63, 3.8) is 0 Å². The summed E-state index contributed by atoms with van der Waals surface area (Å²) in [7, 11) is -8.31. The Bertz CT molecular complexity index is 2230. The second-order valence-corrected chi connectivity index (χ2v) is 45.6. The van der Waals surface area contributed by atoms with E-state index in [1.807, 2.05) is 24.5 Å². The molecule has 0 aliphatic carbocycles. The van der Waals surface area contributed by atoms with Crippen LogP contribution in [-0.2, 0) is 0 Å². The van der Waals surface area contributed by atoms with Gasteiger partial charge in [-0.1, -0.05) is 0 Å². The number of hydrogen-bond acceptors (Lipinski definition) is 6. The topological polar surface area (TPSA) is 38.7 Å². The van der Waals surface area contributed by atoms with Crippen LogP contribution < -0.4 is 7.93 Å². The number of anilines is 2. The molecular formula is C50H64Ge2N6Si4. The van der Waals surface area contributed by atoms with Gasteiger partial charge in [-0.05, 0) is 0 Å². The van der Waals surface area contributed by atoms with Crippen molar-refractivity contribution in [1.82, 2.24) is 17.0 Å². The van der Waals surface area contributed by atoms with Gasteiger partial charge in [0, 0.05) is 0 Å². The quantitative estimate of drug-likeness (QED) is 0.0670. The van der Waals surface area contributed by atoms with E-state index in [1.165, 1.54) is 44.3 Å². The zero-order chi connectivity index (χ0) is 44.7. The van der Waals surface area contributed by atoms with E-state index in [9.17, 15) is 0 Å². The average Bonchev–Trinajstić information content (AvgIpc) is 3.23. The number of rotatable bonds is 17. The molecule has 0 saturated carbocycles. The molecule has 0 N–H and O–H groups in total. The molecule has 0 bridgehead atoms. The monoisotopic (exact) mass is 1010 g/mol. The summed E-state index contributed by atoms with van der Waals surface area (Å²) >= 11 is -2.26. The van der Waals surface area contributed by atoms with Crippen molar-refractivity contribution in [2.75, 3.05) is 7.93 Å². The van der Waals surface area contributed by atoms with Crippen molar-refractivity contribution < 1.29 is 0 Å². The van der Waals surface area contributed by atoms with Crippen molar-refractivity contribution >= 4 is 97.5 Å². The molecule has 2 aromatic heterocycles. The van der Waals surface area contributed by atoms with Gasteiger partial charge in [0.1, 0.15) is 0 Å². The number of pyridine rings is 2. The van der Waals surface area contributed by atoms with Gasteiger partial charge in [-0.3, -0.25) is 0 Å². The summed E-state index contributed by atoms with van der Waals surface area (Å²) in [6, 6.07) is 57.7. The summed E-state index contributed by atoms with van der Waals surface area (Å²) in [6.07, 6.45) is 3.93. The maximum absolute atomic E-state index is 5.10. The first-order chi connectivity index (χ1) is 29.4. The van der Waals surface area contributed by atoms with Gasteiger partial charge >= 0.3 is 394 Å². The van der Waals surface area contributed by atoms with E-state index in [4.69, 9.17) is 9.97 Å². The van der Waals surface area contributed by atoms with Crippen molar-refractivity contribution in [3.8, 4) is 0 Å². The van der Waals surface area contributed by atoms with Gasteiger partial charge in [-0.25, -0.2) is 0 Å². The first-order valence-electron chi connectivity index (χ1n) is 21.6. The molecule has 0 atom stereocenters. The number of hydrogen-bond donors (Lipinski definition) is 0. The van der Waals surface area contributed by atoms with Crippen molar-refractivity contribution in [1.29, 1.82) is 0 Å². The third-order valence-corrected chi connectivity index (χ3v) is 32.3. The van der Waals surface area contributed by atoms with Crippen LogP contribution in [0, 0.1) is 0 Å². The summed E-state index contributed by atoms with van der Waals surface area (Å²) in [4.78, 5) is 10.2. The SMILES string of the molecule is C[Si](C)(C)/C(=C(\c1ccccc1)[N]([Ge][N](c1ccccc1)[N]([Ge][N](/C(=C(\c1ccccn1)[Si](C)(C)C)c1ccccc1)[Si](C)(C)C)c1ccccc1)[Si](C)(C)C)c1ccccn1. The molecule has 12 heteroatoms. The number of hydrazine groups is 1. The number of para-hydroxylation sites is 2. The van der Waals surface area contributed by atoms with E-state index in [1.54, 1.807) is 0 Å². The predicted molar refractivity (Wildman–Crippen MR) is 281 cm³/mol. The minimum atomic E-state index is -2.13. The van der Waals surface area contributed by atoms with E-state index in [0.717, 1.165) is 11.4 Å². The number of aromatic nitrogens is 2. The molecule has 318 valence electrons. The number of nitrogens with zero attached hydrogens (tertiary/aromatic N) is 6. The standard InChI is InChI=1S/C50H64Ge2N6Si4/c1-59(2,3)49(45-37-25-27-39-53-45)47(41-29-17-13-18-30-41)57(61(7,8)9)51-55(43-33-21-15-22-34-43)56(44-35-23-16-24-36-44)52-58(62(10,11)12)48(42-31-19-14-20-32-42)50(60(4,5)6)46-38-26-28-40-54-46/h13-40H,1-12H3/b49-47+,50-48+. The Morgan fingerprint density at radius 3 is 0.919 bits per heavy atom. The third kappa shape index (κ3) is 11.7. The summed E-state index contributed by atoms with van der Waals surface area (Å²) in [6.45, 7) is 30.1. The van der Waals surface area contributed by atoms with Crippen LogP contribution in [-0.4, -0.2) is 81.4 Å². The van der Waals surface area contributed by atoms with E-state index in [0.29, 0.717) is 0 Å². The fourth-order valence-electron chi connectivity index (χ4n) is 7.54. The van der Waals surface area contributed by atoms with Gasteiger partial charge in [0.05, 0.1) is 0 Å². The normalized spacial score (nSPS) is 13.2. The fourth-order valence-corrected chi connectivity index (χ4v) is 24.4. The van der Waals surface area contributed by atoms with Gasteiger partial charge in [-0.2, -0.15) is 0 Å². The Morgan fingerprint density at radius 2 is 0.661 bits per heavy atom. The molecule has 4 radical (unpaired) electrons. The Hall–Kier alpha value is -4.19. The summed E-state index contributed by atoms with van der Waals surface area (Å²) < 4.78 is 11.3. The van der Waals surface area contributed by atoms with Crippen molar-refractivity contribution in [3.05, 3.63) is 193 Å². The van der Waals surface area contributed by atoms with Crippen LogP contribution in [0.1, 0.15) is 22.5 Å². The third-order valence-electron chi connectivity index (χ3n) is 10.3. The second kappa shape index (κ2) is 20.1. The molecule has 0 aliphatic heterocycles. The maximum atomic E-state index is 5.10. The molecule has 2 heterocycles. The van der Waals surface area contributed by atoms with Gasteiger partial charge < -0.3 is 0 Å². The van der Waals surface area contributed by atoms with Crippen LogP contribution in [0.15, 0.2) is 170 Å². The zero-order valence-corrected chi connectivity index (χ0v) is 47.0. The van der Waals surface area contributed by atoms with E-state index in [-0.39, 0.29) is 0 Å². The average molecular weight is 1010 g/mol. The molecule has 0 fully saturated rings. The van der Waals surface area contributed by atoms with E-state index in [2.05, 4.69) is 239 Å². The molecule has 0 spiro atoms. The first kappa shape index (κ1) is 47.3. The summed E-state index contributed by atoms with van der Waals surface area (Å²) in [5, 5.41) is 2.83. The van der Waals surface area contributed by atoms with Gasteiger partial charge in [0.15, 0.2) is 0 Å². The fraction of sp³-hybridized carbons (Fsp3) is 0.240. The van der Waals surface area contributed by atoms with Gasteiger partial charge in [-0.15, -0.1) is 0 Å². The minimum absolute atomic E-state index is 1.09. The van der Waals surface area contributed by atoms with Crippen LogP contribution in [0.5, 0.6) is 0 Å².